The van der Waals surface area contributed by atoms with E-state index in [0.717, 1.165) is 0 Å². The Labute approximate surface area is 168 Å². The Kier molecular flexibility index (Phi) is 7.13. The molecular weight excluding hydrogens is 384 g/mol. The fraction of sp³-hybridized carbons (Fsp3) is 0.300. The van der Waals surface area contributed by atoms with Gasteiger partial charge in [-0.25, -0.2) is 9.59 Å². The first-order valence-corrected chi connectivity index (χ1v) is 8.30. The van der Waals surface area contributed by atoms with Crippen LogP contribution >= 0.6 is 0 Å². The third-order valence-corrected chi connectivity index (χ3v) is 4.04. The number of rotatable bonds is 8. The number of hydrogen-bond donors (Lipinski definition) is 0. The minimum Gasteiger partial charge on any atom is -0.496 e. The molecule has 0 saturated carbocycles. The van der Waals surface area contributed by atoms with Crippen molar-refractivity contribution in [2.45, 2.75) is 0 Å². The van der Waals surface area contributed by atoms with Crippen molar-refractivity contribution in [3.63, 3.8) is 0 Å². The van der Waals surface area contributed by atoms with Crippen LogP contribution in [0.15, 0.2) is 24.3 Å². The second-order valence-corrected chi connectivity index (χ2v) is 5.49. The van der Waals surface area contributed by atoms with Crippen molar-refractivity contribution in [3.05, 3.63) is 35.4 Å². The van der Waals surface area contributed by atoms with Gasteiger partial charge < -0.3 is 33.2 Å². The molecular formula is C20H22O9. The standard InChI is InChI=1S/C20H22O9/c1-23-13-9-17(27-5)15(25-3)7-11(13)19(21)29-20(22)12-8-16(26-4)18(28-6)10-14(12)24-2/h7-10H,1-6H3. The highest BCUT2D eigenvalue weighted by Crippen LogP contribution is 2.37. The van der Waals surface area contributed by atoms with Crippen molar-refractivity contribution < 1.29 is 42.7 Å². The second kappa shape index (κ2) is 9.54. The van der Waals surface area contributed by atoms with Gasteiger partial charge in [0.05, 0.1) is 42.7 Å². The van der Waals surface area contributed by atoms with Crippen LogP contribution in [0.3, 0.4) is 0 Å². The van der Waals surface area contributed by atoms with Crippen LogP contribution in [0.4, 0.5) is 0 Å². The Morgan fingerprint density at radius 3 is 1.03 bits per heavy atom. The summed E-state index contributed by atoms with van der Waals surface area (Å²) in [5.41, 5.74) is -0.0316. The summed E-state index contributed by atoms with van der Waals surface area (Å²) < 4.78 is 36.1. The second-order valence-electron chi connectivity index (χ2n) is 5.49. The normalized spacial score (nSPS) is 10.0. The van der Waals surface area contributed by atoms with Gasteiger partial charge >= 0.3 is 11.9 Å². The summed E-state index contributed by atoms with van der Waals surface area (Å²) in [6.45, 7) is 0. The molecule has 156 valence electrons. The molecule has 29 heavy (non-hydrogen) atoms. The summed E-state index contributed by atoms with van der Waals surface area (Å²) in [6, 6.07) is 5.63. The largest absolute Gasteiger partial charge is 0.496 e. The van der Waals surface area contributed by atoms with Crippen LogP contribution in [0.2, 0.25) is 0 Å². The molecule has 0 atom stereocenters. The molecule has 0 N–H and O–H groups in total. The van der Waals surface area contributed by atoms with Gasteiger partial charge in [-0.05, 0) is 0 Å². The van der Waals surface area contributed by atoms with E-state index in [9.17, 15) is 9.59 Å². The van der Waals surface area contributed by atoms with E-state index in [-0.39, 0.29) is 34.1 Å². The molecule has 0 aromatic heterocycles. The van der Waals surface area contributed by atoms with Crippen molar-refractivity contribution in [2.75, 3.05) is 42.7 Å². The monoisotopic (exact) mass is 406 g/mol. The van der Waals surface area contributed by atoms with Gasteiger partial charge in [-0.15, -0.1) is 0 Å². The first kappa shape index (κ1) is 21.7. The molecule has 0 unspecified atom stereocenters. The summed E-state index contributed by atoms with van der Waals surface area (Å²) in [5, 5.41) is 0. The highest BCUT2D eigenvalue weighted by atomic mass is 16.6. The van der Waals surface area contributed by atoms with E-state index in [1.165, 1.54) is 66.9 Å². The van der Waals surface area contributed by atoms with Crippen molar-refractivity contribution >= 4 is 11.9 Å². The van der Waals surface area contributed by atoms with E-state index >= 15 is 0 Å². The topological polar surface area (TPSA) is 98.8 Å². The van der Waals surface area contributed by atoms with E-state index in [4.69, 9.17) is 33.2 Å². The average molecular weight is 406 g/mol. The molecule has 0 aliphatic heterocycles. The van der Waals surface area contributed by atoms with Gasteiger partial charge in [0.1, 0.15) is 22.6 Å². The first-order chi connectivity index (χ1) is 13.9. The van der Waals surface area contributed by atoms with Crippen LogP contribution in [0.1, 0.15) is 20.7 Å². The van der Waals surface area contributed by atoms with Gasteiger partial charge in [0.15, 0.2) is 23.0 Å². The lowest BCUT2D eigenvalue weighted by atomic mass is 10.1. The van der Waals surface area contributed by atoms with Crippen LogP contribution in [0.25, 0.3) is 0 Å². The Balaban J connectivity index is 2.40. The number of benzene rings is 2. The molecule has 2 aromatic rings. The van der Waals surface area contributed by atoms with Crippen molar-refractivity contribution in [2.24, 2.45) is 0 Å². The van der Waals surface area contributed by atoms with E-state index in [1.54, 1.807) is 0 Å². The maximum Gasteiger partial charge on any atom is 0.349 e. The Morgan fingerprint density at radius 2 is 0.759 bits per heavy atom. The summed E-state index contributed by atoms with van der Waals surface area (Å²) in [7, 11) is 8.47. The zero-order chi connectivity index (χ0) is 21.6. The molecule has 2 aromatic carbocycles. The number of methoxy groups -OCH3 is 6. The molecule has 0 saturated heterocycles. The molecule has 0 radical (unpaired) electrons. The number of hydrogen-bond acceptors (Lipinski definition) is 9. The third-order valence-electron chi connectivity index (χ3n) is 4.04. The van der Waals surface area contributed by atoms with Gasteiger partial charge in [-0.1, -0.05) is 0 Å². The predicted octanol–water partition coefficient (Wildman–Crippen LogP) is 2.74. The zero-order valence-corrected chi connectivity index (χ0v) is 17.0. The molecule has 9 nitrogen and oxygen atoms in total. The van der Waals surface area contributed by atoms with Crippen LogP contribution in [0, 0.1) is 0 Å². The maximum atomic E-state index is 12.6. The first-order valence-electron chi connectivity index (χ1n) is 8.30. The molecule has 0 bridgehead atoms. The zero-order valence-electron chi connectivity index (χ0n) is 17.0. The molecule has 0 spiro atoms. The SMILES string of the molecule is COc1cc(OC)c(C(=O)OC(=O)c2cc(OC)c(OC)cc2OC)cc1OC. The fourth-order valence-electron chi connectivity index (χ4n) is 2.57. The highest BCUT2D eigenvalue weighted by molar-refractivity contribution is 6.05. The van der Waals surface area contributed by atoms with E-state index in [0.29, 0.717) is 11.5 Å². The van der Waals surface area contributed by atoms with Crippen molar-refractivity contribution in [1.29, 1.82) is 0 Å². The molecule has 0 fully saturated rings. The Morgan fingerprint density at radius 1 is 0.483 bits per heavy atom. The third kappa shape index (κ3) is 4.45. The summed E-state index contributed by atoms with van der Waals surface area (Å²) in [5.74, 6) is -0.316. The van der Waals surface area contributed by atoms with Gasteiger partial charge in [-0.2, -0.15) is 0 Å². The number of ether oxygens (including phenoxy) is 7. The molecule has 2 rings (SSSR count). The summed E-state index contributed by atoms with van der Waals surface area (Å²) in [4.78, 5) is 25.3. The fourth-order valence-corrected chi connectivity index (χ4v) is 2.57. The van der Waals surface area contributed by atoms with E-state index < -0.39 is 11.9 Å². The quantitative estimate of drug-likeness (QED) is 0.484. The molecule has 0 aliphatic carbocycles. The van der Waals surface area contributed by atoms with E-state index in [1.807, 2.05) is 0 Å². The molecule has 0 heterocycles. The number of esters is 2. The Bertz CT molecular complexity index is 832. The predicted molar refractivity (Wildman–Crippen MR) is 102 cm³/mol. The smallest absolute Gasteiger partial charge is 0.349 e. The minimum absolute atomic E-state index is 0.0158. The highest BCUT2D eigenvalue weighted by Gasteiger charge is 2.25. The average Bonchev–Trinajstić information content (AvgIpc) is 2.76. The molecule has 0 amide bonds. The lowest BCUT2D eigenvalue weighted by Crippen LogP contribution is -2.15. The summed E-state index contributed by atoms with van der Waals surface area (Å²) >= 11 is 0. The van der Waals surface area contributed by atoms with Crippen molar-refractivity contribution in [3.8, 4) is 34.5 Å². The van der Waals surface area contributed by atoms with Crippen LogP contribution < -0.4 is 28.4 Å². The summed E-state index contributed by atoms with van der Waals surface area (Å²) in [6.07, 6.45) is 0. The molecule has 0 aliphatic rings. The lowest BCUT2D eigenvalue weighted by Gasteiger charge is -2.15. The lowest BCUT2D eigenvalue weighted by molar-refractivity contribution is 0.0393. The van der Waals surface area contributed by atoms with Gasteiger partial charge in [0, 0.05) is 24.3 Å². The van der Waals surface area contributed by atoms with E-state index in [2.05, 4.69) is 0 Å². The Hall–Kier alpha value is -3.62. The van der Waals surface area contributed by atoms with Crippen LogP contribution in [0.5, 0.6) is 34.5 Å². The van der Waals surface area contributed by atoms with Crippen LogP contribution in [-0.2, 0) is 4.74 Å². The molecule has 9 heteroatoms. The van der Waals surface area contributed by atoms with Crippen molar-refractivity contribution in [1.82, 2.24) is 0 Å². The number of carbonyl (C=O) groups excluding carboxylic acids is 2. The van der Waals surface area contributed by atoms with Gasteiger partial charge in [0.25, 0.3) is 0 Å². The maximum absolute atomic E-state index is 12.6. The van der Waals surface area contributed by atoms with Gasteiger partial charge in [0.2, 0.25) is 0 Å². The van der Waals surface area contributed by atoms with Gasteiger partial charge in [-0.3, -0.25) is 0 Å². The minimum atomic E-state index is -0.940. The van der Waals surface area contributed by atoms with Crippen LogP contribution in [-0.4, -0.2) is 54.6 Å². The number of carbonyl (C=O) groups is 2.